The van der Waals surface area contributed by atoms with Gasteiger partial charge in [-0.05, 0) is 44.2 Å². The molecule has 1 aliphatic rings. The van der Waals surface area contributed by atoms with Gasteiger partial charge in [-0.1, -0.05) is 6.07 Å². The second-order valence-corrected chi connectivity index (χ2v) is 10.5. The van der Waals surface area contributed by atoms with Crippen molar-refractivity contribution in [2.24, 2.45) is 0 Å². The van der Waals surface area contributed by atoms with Crippen LogP contribution in [0.15, 0.2) is 56.6 Å². The molecular formula is C23H28N4O5S. The molecule has 0 aliphatic carbocycles. The lowest BCUT2D eigenvalue weighted by Crippen LogP contribution is -2.50. The van der Waals surface area contributed by atoms with Crippen molar-refractivity contribution in [2.75, 3.05) is 45.2 Å². The van der Waals surface area contributed by atoms with Crippen molar-refractivity contribution in [1.82, 2.24) is 13.8 Å². The molecule has 0 spiro atoms. The highest BCUT2D eigenvalue weighted by molar-refractivity contribution is 7.89. The number of sulfonamides is 1. The first kappa shape index (κ1) is 23.1. The quantitative estimate of drug-likeness (QED) is 0.566. The zero-order valence-corrected chi connectivity index (χ0v) is 20.0. The van der Waals surface area contributed by atoms with Crippen molar-refractivity contribution in [3.05, 3.63) is 58.6 Å². The second kappa shape index (κ2) is 8.68. The van der Waals surface area contributed by atoms with E-state index in [0.717, 1.165) is 5.69 Å². The summed E-state index contributed by atoms with van der Waals surface area (Å²) >= 11 is 0. The van der Waals surface area contributed by atoms with Crippen LogP contribution in [0, 0.1) is 0 Å². The predicted molar refractivity (Wildman–Crippen MR) is 126 cm³/mol. The van der Waals surface area contributed by atoms with E-state index >= 15 is 0 Å². The Morgan fingerprint density at radius 2 is 1.73 bits per heavy atom. The van der Waals surface area contributed by atoms with Crippen molar-refractivity contribution in [3.63, 3.8) is 0 Å². The highest BCUT2D eigenvalue weighted by atomic mass is 32.2. The van der Waals surface area contributed by atoms with Gasteiger partial charge in [0.25, 0.3) is 5.91 Å². The third-order valence-electron chi connectivity index (χ3n) is 5.87. The molecular weight excluding hydrogens is 444 g/mol. The summed E-state index contributed by atoms with van der Waals surface area (Å²) in [5.41, 5.74) is 2.30. The van der Waals surface area contributed by atoms with Gasteiger partial charge >= 0.3 is 5.76 Å². The molecule has 0 unspecified atom stereocenters. The monoisotopic (exact) mass is 472 g/mol. The Morgan fingerprint density at radius 1 is 1.03 bits per heavy atom. The Kier molecular flexibility index (Phi) is 6.06. The van der Waals surface area contributed by atoms with Gasteiger partial charge in [-0.3, -0.25) is 9.36 Å². The second-order valence-electron chi connectivity index (χ2n) is 8.60. The highest BCUT2D eigenvalue weighted by Crippen LogP contribution is 2.24. The molecule has 0 radical (unpaired) electrons. The van der Waals surface area contributed by atoms with E-state index in [0.29, 0.717) is 24.2 Å². The summed E-state index contributed by atoms with van der Waals surface area (Å²) in [6.45, 7) is 4.70. The average Bonchev–Trinajstić information content (AvgIpc) is 3.13. The van der Waals surface area contributed by atoms with E-state index < -0.39 is 15.8 Å². The largest absolute Gasteiger partial charge is 0.420 e. The fourth-order valence-electron chi connectivity index (χ4n) is 4.05. The molecule has 1 aliphatic heterocycles. The molecule has 1 saturated heterocycles. The maximum absolute atomic E-state index is 13.2. The molecule has 4 rings (SSSR count). The maximum atomic E-state index is 13.2. The van der Waals surface area contributed by atoms with Crippen LogP contribution in [0.1, 0.15) is 30.2 Å². The van der Waals surface area contributed by atoms with Crippen molar-refractivity contribution < 1.29 is 17.6 Å². The summed E-state index contributed by atoms with van der Waals surface area (Å²) in [7, 11) is 0.0288. The van der Waals surface area contributed by atoms with E-state index in [2.05, 4.69) is 0 Å². The number of fused-ring (bicyclic) bond motifs is 1. The number of benzene rings is 2. The number of oxazole rings is 1. The molecule has 2 aromatic carbocycles. The summed E-state index contributed by atoms with van der Waals surface area (Å²) in [5.74, 6) is -0.631. The fourth-order valence-corrected chi connectivity index (χ4v) is 5.48. The zero-order valence-electron chi connectivity index (χ0n) is 19.2. The first-order valence-electron chi connectivity index (χ1n) is 10.8. The van der Waals surface area contributed by atoms with E-state index in [1.165, 1.54) is 21.0 Å². The summed E-state index contributed by atoms with van der Waals surface area (Å²) in [6.07, 6.45) is 0. The van der Waals surface area contributed by atoms with Gasteiger partial charge in [0.05, 0.1) is 10.4 Å². The van der Waals surface area contributed by atoms with Gasteiger partial charge in [0.2, 0.25) is 10.0 Å². The lowest BCUT2D eigenvalue weighted by Gasteiger charge is -2.34. The smallest absolute Gasteiger partial charge is 0.408 e. The van der Waals surface area contributed by atoms with E-state index in [9.17, 15) is 18.0 Å². The lowest BCUT2D eigenvalue weighted by atomic mass is 10.1. The first-order valence-corrected chi connectivity index (χ1v) is 12.3. The number of piperazine rings is 1. The third-order valence-corrected chi connectivity index (χ3v) is 7.77. The van der Waals surface area contributed by atoms with Crippen LogP contribution in [0.25, 0.3) is 11.1 Å². The Morgan fingerprint density at radius 3 is 2.36 bits per heavy atom. The minimum absolute atomic E-state index is 0.0677. The number of carbonyl (C=O) groups is 1. The van der Waals surface area contributed by atoms with Crippen LogP contribution in [0.4, 0.5) is 5.69 Å². The molecule has 1 aromatic heterocycles. The Labute approximate surface area is 192 Å². The minimum atomic E-state index is -3.79. The molecule has 1 fully saturated rings. The molecule has 1 amide bonds. The Hall–Kier alpha value is -3.11. The average molecular weight is 473 g/mol. The number of anilines is 1. The number of nitrogens with zero attached hydrogens (tertiary/aromatic N) is 4. The van der Waals surface area contributed by atoms with E-state index in [-0.39, 0.29) is 35.5 Å². The van der Waals surface area contributed by atoms with Gasteiger partial charge in [-0.25, -0.2) is 13.2 Å². The van der Waals surface area contributed by atoms with Crippen molar-refractivity contribution in [2.45, 2.75) is 24.8 Å². The van der Waals surface area contributed by atoms with Crippen molar-refractivity contribution in [1.29, 1.82) is 0 Å². The first-order chi connectivity index (χ1) is 15.6. The summed E-state index contributed by atoms with van der Waals surface area (Å²) in [4.78, 5) is 28.7. The molecule has 0 N–H and O–H groups in total. The van der Waals surface area contributed by atoms with Gasteiger partial charge < -0.3 is 14.2 Å². The molecule has 0 saturated carbocycles. The van der Waals surface area contributed by atoms with E-state index in [1.807, 2.05) is 51.0 Å². The van der Waals surface area contributed by atoms with Crippen molar-refractivity contribution in [3.8, 4) is 0 Å². The number of amides is 1. The standard InChI is InChI=1S/C23H28N4O5S/c1-16(2)27-20-9-8-19(15-21(20)32-23(27)29)33(30,31)26-12-10-25(11-13-26)22(28)17-6-5-7-18(14-17)24(3)4/h5-9,14-16H,10-13H2,1-4H3. The molecule has 33 heavy (non-hydrogen) atoms. The van der Waals surface area contributed by atoms with E-state index in [4.69, 9.17) is 4.42 Å². The molecule has 0 atom stereocenters. The Balaban J connectivity index is 1.51. The highest BCUT2D eigenvalue weighted by Gasteiger charge is 2.31. The van der Waals surface area contributed by atoms with Crippen LogP contribution in [0.2, 0.25) is 0 Å². The topological polar surface area (TPSA) is 96.1 Å². The van der Waals surface area contributed by atoms with Crippen LogP contribution in [0.5, 0.6) is 0 Å². The number of aromatic nitrogens is 1. The van der Waals surface area contributed by atoms with Gasteiger partial charge in [0, 0.05) is 63.6 Å². The summed E-state index contributed by atoms with van der Waals surface area (Å²) in [6, 6.07) is 11.8. The maximum Gasteiger partial charge on any atom is 0.420 e. The molecule has 176 valence electrons. The van der Waals surface area contributed by atoms with Crippen LogP contribution >= 0.6 is 0 Å². The summed E-state index contributed by atoms with van der Waals surface area (Å²) in [5, 5.41) is 0. The van der Waals surface area contributed by atoms with Crippen LogP contribution < -0.4 is 10.7 Å². The number of rotatable bonds is 5. The zero-order chi connectivity index (χ0) is 23.9. The van der Waals surface area contributed by atoms with Gasteiger partial charge in [0.1, 0.15) is 0 Å². The molecule has 10 heteroatoms. The van der Waals surface area contributed by atoms with Gasteiger partial charge in [0.15, 0.2) is 5.58 Å². The lowest BCUT2D eigenvalue weighted by molar-refractivity contribution is 0.0698. The normalized spacial score (nSPS) is 15.4. The van der Waals surface area contributed by atoms with Crippen LogP contribution in [-0.4, -0.2) is 68.4 Å². The number of hydrogen-bond acceptors (Lipinski definition) is 6. The predicted octanol–water partition coefficient (Wildman–Crippen LogP) is 2.39. The Bertz CT molecular complexity index is 1350. The van der Waals surface area contributed by atoms with E-state index in [1.54, 1.807) is 17.0 Å². The number of hydrogen-bond donors (Lipinski definition) is 0. The fraction of sp³-hybridized carbons (Fsp3) is 0.391. The minimum Gasteiger partial charge on any atom is -0.408 e. The van der Waals surface area contributed by atoms with Gasteiger partial charge in [-0.2, -0.15) is 4.31 Å². The van der Waals surface area contributed by atoms with Gasteiger partial charge in [-0.15, -0.1) is 0 Å². The molecule has 9 nitrogen and oxygen atoms in total. The number of carbonyl (C=O) groups excluding carboxylic acids is 1. The molecule has 0 bridgehead atoms. The molecule has 2 heterocycles. The van der Waals surface area contributed by atoms with Crippen LogP contribution in [-0.2, 0) is 10.0 Å². The van der Waals surface area contributed by atoms with Crippen LogP contribution in [0.3, 0.4) is 0 Å². The van der Waals surface area contributed by atoms with Crippen molar-refractivity contribution >= 4 is 32.7 Å². The SMILES string of the molecule is CC(C)n1c(=O)oc2cc(S(=O)(=O)N3CCN(C(=O)c4cccc(N(C)C)c4)CC3)ccc21. The third kappa shape index (κ3) is 4.28. The summed E-state index contributed by atoms with van der Waals surface area (Å²) < 4.78 is 34.6. The molecule has 3 aromatic rings.